The van der Waals surface area contributed by atoms with Gasteiger partial charge in [-0.05, 0) is 48.9 Å². The van der Waals surface area contributed by atoms with Crippen molar-refractivity contribution in [3.63, 3.8) is 0 Å². The molecule has 2 N–H and O–H groups in total. The minimum absolute atomic E-state index is 0.195. The third-order valence-electron chi connectivity index (χ3n) is 2.31. The normalized spacial score (nSPS) is 10.3. The lowest BCUT2D eigenvalue weighted by Crippen LogP contribution is -1.92. The van der Waals surface area contributed by atoms with Crippen LogP contribution in [0.1, 0.15) is 5.56 Å². The minimum atomic E-state index is -0.407. The van der Waals surface area contributed by atoms with Crippen molar-refractivity contribution in [1.82, 2.24) is 0 Å². The van der Waals surface area contributed by atoms with Gasteiger partial charge in [-0.15, -0.1) is 0 Å². The van der Waals surface area contributed by atoms with Crippen LogP contribution < -0.4 is 10.5 Å². The van der Waals surface area contributed by atoms with Crippen molar-refractivity contribution < 1.29 is 9.13 Å². The zero-order chi connectivity index (χ0) is 12.4. The van der Waals surface area contributed by atoms with Crippen LogP contribution in [0.15, 0.2) is 40.9 Å². The quantitative estimate of drug-likeness (QED) is 0.840. The zero-order valence-corrected chi connectivity index (χ0v) is 10.8. The molecule has 0 aliphatic rings. The lowest BCUT2D eigenvalue weighted by Gasteiger charge is -2.10. The van der Waals surface area contributed by atoms with Gasteiger partial charge < -0.3 is 10.5 Å². The molecule has 4 heteroatoms. The molecule has 0 amide bonds. The van der Waals surface area contributed by atoms with E-state index >= 15 is 0 Å². The van der Waals surface area contributed by atoms with Gasteiger partial charge in [0.2, 0.25) is 0 Å². The molecule has 0 heterocycles. The Labute approximate surface area is 107 Å². The van der Waals surface area contributed by atoms with E-state index < -0.39 is 5.82 Å². The number of aryl methyl sites for hydroxylation is 1. The second-order valence-corrected chi connectivity index (χ2v) is 4.62. The predicted molar refractivity (Wildman–Crippen MR) is 69.8 cm³/mol. The Bertz CT molecular complexity index is 508. The van der Waals surface area contributed by atoms with Gasteiger partial charge in [-0.1, -0.05) is 15.9 Å². The van der Waals surface area contributed by atoms with Crippen molar-refractivity contribution in [1.29, 1.82) is 0 Å². The van der Waals surface area contributed by atoms with Crippen LogP contribution in [0.5, 0.6) is 11.5 Å². The van der Waals surface area contributed by atoms with Gasteiger partial charge in [0.25, 0.3) is 0 Å². The number of hydrogen-bond donors (Lipinski definition) is 1. The number of anilines is 1. The van der Waals surface area contributed by atoms with E-state index in [1.165, 1.54) is 6.07 Å². The summed E-state index contributed by atoms with van der Waals surface area (Å²) in [6.07, 6.45) is 0. The summed E-state index contributed by atoms with van der Waals surface area (Å²) in [5.74, 6) is 0.386. The first kappa shape index (κ1) is 11.9. The maximum absolute atomic E-state index is 13.6. The first-order valence-electron chi connectivity index (χ1n) is 5.05. The van der Waals surface area contributed by atoms with Crippen molar-refractivity contribution in [2.24, 2.45) is 0 Å². The van der Waals surface area contributed by atoms with Crippen molar-refractivity contribution in [3.05, 3.63) is 52.3 Å². The van der Waals surface area contributed by atoms with E-state index in [2.05, 4.69) is 15.9 Å². The van der Waals surface area contributed by atoms with Crippen LogP contribution in [0.25, 0.3) is 0 Å². The van der Waals surface area contributed by atoms with E-state index in [1.807, 2.05) is 6.92 Å². The SMILES string of the molecule is Cc1cc(N)ccc1Oc1ccc(Br)cc1F. The van der Waals surface area contributed by atoms with E-state index in [-0.39, 0.29) is 5.75 Å². The molecule has 0 spiro atoms. The summed E-state index contributed by atoms with van der Waals surface area (Å²) in [6.45, 7) is 1.86. The molecule has 0 aromatic heterocycles. The summed E-state index contributed by atoms with van der Waals surface area (Å²) in [5.41, 5.74) is 7.16. The Hall–Kier alpha value is -1.55. The van der Waals surface area contributed by atoms with Crippen LogP contribution in [0.4, 0.5) is 10.1 Å². The fraction of sp³-hybridized carbons (Fsp3) is 0.0769. The second-order valence-electron chi connectivity index (χ2n) is 3.70. The van der Waals surface area contributed by atoms with Crippen LogP contribution in [-0.4, -0.2) is 0 Å². The third-order valence-corrected chi connectivity index (χ3v) is 2.81. The average Bonchev–Trinajstić information content (AvgIpc) is 2.25. The summed E-state index contributed by atoms with van der Waals surface area (Å²) in [5, 5.41) is 0. The van der Waals surface area contributed by atoms with Gasteiger partial charge in [-0.2, -0.15) is 0 Å². The van der Waals surface area contributed by atoms with Gasteiger partial charge >= 0.3 is 0 Å². The van der Waals surface area contributed by atoms with E-state index in [0.717, 1.165) is 5.56 Å². The topological polar surface area (TPSA) is 35.2 Å². The fourth-order valence-corrected chi connectivity index (χ4v) is 1.80. The molecule has 0 atom stereocenters. The number of nitrogens with two attached hydrogens (primary N) is 1. The van der Waals surface area contributed by atoms with Crippen LogP contribution in [0, 0.1) is 12.7 Å². The highest BCUT2D eigenvalue weighted by atomic mass is 79.9. The molecule has 88 valence electrons. The first-order chi connectivity index (χ1) is 8.06. The smallest absolute Gasteiger partial charge is 0.166 e. The summed E-state index contributed by atoms with van der Waals surface area (Å²) in [4.78, 5) is 0. The molecule has 2 nitrogen and oxygen atoms in total. The van der Waals surface area contributed by atoms with E-state index in [4.69, 9.17) is 10.5 Å². The van der Waals surface area contributed by atoms with Crippen molar-refractivity contribution >= 4 is 21.6 Å². The van der Waals surface area contributed by atoms with Gasteiger partial charge in [0.1, 0.15) is 5.75 Å². The van der Waals surface area contributed by atoms with E-state index in [1.54, 1.807) is 30.3 Å². The molecule has 17 heavy (non-hydrogen) atoms. The average molecular weight is 296 g/mol. The highest BCUT2D eigenvalue weighted by Crippen LogP contribution is 2.29. The van der Waals surface area contributed by atoms with Gasteiger partial charge in [0.15, 0.2) is 11.6 Å². The van der Waals surface area contributed by atoms with Crippen LogP contribution in [0.2, 0.25) is 0 Å². The maximum Gasteiger partial charge on any atom is 0.166 e. The van der Waals surface area contributed by atoms with Gasteiger partial charge in [-0.25, -0.2) is 4.39 Å². The highest BCUT2D eigenvalue weighted by Gasteiger charge is 2.07. The maximum atomic E-state index is 13.6. The molecule has 2 rings (SSSR count). The number of rotatable bonds is 2. The number of halogens is 2. The van der Waals surface area contributed by atoms with E-state index in [0.29, 0.717) is 15.9 Å². The molecule has 0 saturated heterocycles. The highest BCUT2D eigenvalue weighted by molar-refractivity contribution is 9.10. The summed E-state index contributed by atoms with van der Waals surface area (Å²) >= 11 is 3.19. The Kier molecular flexibility index (Phi) is 3.33. The Morgan fingerprint density at radius 2 is 1.82 bits per heavy atom. The zero-order valence-electron chi connectivity index (χ0n) is 9.21. The number of ether oxygens (including phenoxy) is 1. The Balaban J connectivity index is 2.31. The Morgan fingerprint density at radius 3 is 2.47 bits per heavy atom. The van der Waals surface area contributed by atoms with Crippen molar-refractivity contribution in [3.8, 4) is 11.5 Å². The van der Waals surface area contributed by atoms with E-state index in [9.17, 15) is 4.39 Å². The van der Waals surface area contributed by atoms with Crippen LogP contribution in [0.3, 0.4) is 0 Å². The standard InChI is InChI=1S/C13H11BrFNO/c1-8-6-10(16)3-5-12(8)17-13-4-2-9(14)7-11(13)15/h2-7H,16H2,1H3. The monoisotopic (exact) mass is 295 g/mol. The largest absolute Gasteiger partial charge is 0.454 e. The van der Waals surface area contributed by atoms with Crippen molar-refractivity contribution in [2.75, 3.05) is 5.73 Å². The Morgan fingerprint density at radius 1 is 1.12 bits per heavy atom. The lowest BCUT2D eigenvalue weighted by atomic mass is 10.2. The molecule has 0 fully saturated rings. The van der Waals surface area contributed by atoms with Crippen LogP contribution >= 0.6 is 15.9 Å². The molecule has 0 saturated carbocycles. The van der Waals surface area contributed by atoms with Gasteiger partial charge in [-0.3, -0.25) is 0 Å². The van der Waals surface area contributed by atoms with Gasteiger partial charge in [0, 0.05) is 10.2 Å². The number of nitrogen functional groups attached to an aromatic ring is 1. The summed E-state index contributed by atoms with van der Waals surface area (Å²) in [7, 11) is 0. The molecule has 0 aliphatic heterocycles. The molecule has 0 aliphatic carbocycles. The third kappa shape index (κ3) is 2.77. The molecule has 0 bridgehead atoms. The van der Waals surface area contributed by atoms with Crippen LogP contribution in [-0.2, 0) is 0 Å². The summed E-state index contributed by atoms with van der Waals surface area (Å²) in [6, 6.07) is 9.90. The van der Waals surface area contributed by atoms with Gasteiger partial charge in [0.05, 0.1) is 0 Å². The second kappa shape index (κ2) is 4.75. The molecular weight excluding hydrogens is 285 g/mol. The molecule has 0 unspecified atom stereocenters. The molecular formula is C13H11BrFNO. The number of hydrogen-bond acceptors (Lipinski definition) is 2. The number of benzene rings is 2. The summed E-state index contributed by atoms with van der Waals surface area (Å²) < 4.78 is 19.7. The predicted octanol–water partition coefficient (Wildman–Crippen LogP) is 4.27. The minimum Gasteiger partial charge on any atom is -0.454 e. The molecule has 2 aromatic rings. The molecule has 0 radical (unpaired) electrons. The first-order valence-corrected chi connectivity index (χ1v) is 5.84. The van der Waals surface area contributed by atoms with Crippen molar-refractivity contribution in [2.45, 2.75) is 6.92 Å². The fourth-order valence-electron chi connectivity index (χ4n) is 1.46. The molecule has 2 aromatic carbocycles. The lowest BCUT2D eigenvalue weighted by molar-refractivity contribution is 0.439.